The van der Waals surface area contributed by atoms with Gasteiger partial charge in [-0.25, -0.2) is 9.36 Å². The molecule has 20 heavy (non-hydrogen) atoms. The molecule has 1 unspecified atom stereocenters. The van der Waals surface area contributed by atoms with E-state index in [2.05, 4.69) is 9.26 Å². The first-order valence-electron chi connectivity index (χ1n) is 5.86. The zero-order valence-electron chi connectivity index (χ0n) is 11.4. The monoisotopic (exact) mass is 309 g/mol. The largest absolute Gasteiger partial charge is 0.513 e. The van der Waals surface area contributed by atoms with E-state index in [1.165, 1.54) is 0 Å². The third-order valence-corrected chi connectivity index (χ3v) is 2.28. The first-order valence-corrected chi connectivity index (χ1v) is 7.39. The average Bonchev–Trinajstić information content (AvgIpc) is 2.26. The maximum Gasteiger partial charge on any atom is 0.513 e. The van der Waals surface area contributed by atoms with Crippen molar-refractivity contribution in [2.45, 2.75) is 26.3 Å². The minimum atomic E-state index is -4.47. The SMILES string of the molecule is C/C(=C\C=C/C(C)N)OC(=O)OCCCOP(=O)(O)O. The number of carbonyl (C=O) groups is 1. The summed E-state index contributed by atoms with van der Waals surface area (Å²) in [6.45, 7) is 3.09. The zero-order valence-corrected chi connectivity index (χ0v) is 12.3. The van der Waals surface area contributed by atoms with Gasteiger partial charge in [-0.05, 0) is 19.9 Å². The summed E-state index contributed by atoms with van der Waals surface area (Å²) in [5.74, 6) is 0.332. The highest BCUT2D eigenvalue weighted by Crippen LogP contribution is 2.35. The number of nitrogens with two attached hydrogens (primary N) is 1. The average molecular weight is 309 g/mol. The summed E-state index contributed by atoms with van der Waals surface area (Å²) >= 11 is 0. The summed E-state index contributed by atoms with van der Waals surface area (Å²) in [4.78, 5) is 28.0. The minimum absolute atomic E-state index is 0.0677. The third-order valence-electron chi connectivity index (χ3n) is 1.76. The second kappa shape index (κ2) is 9.68. The molecule has 8 nitrogen and oxygen atoms in total. The van der Waals surface area contributed by atoms with E-state index in [1.54, 1.807) is 32.1 Å². The Morgan fingerprint density at radius 2 is 2.05 bits per heavy atom. The van der Waals surface area contributed by atoms with Crippen LogP contribution in [-0.4, -0.2) is 35.2 Å². The number of carbonyl (C=O) groups excluding carboxylic acids is 1. The van der Waals surface area contributed by atoms with Crippen LogP contribution < -0.4 is 5.73 Å². The predicted molar refractivity (Wildman–Crippen MR) is 71.6 cm³/mol. The molecule has 116 valence electrons. The lowest BCUT2D eigenvalue weighted by molar-refractivity contribution is 0.0718. The second-order valence-electron chi connectivity index (χ2n) is 3.90. The number of phosphoric acid groups is 1. The van der Waals surface area contributed by atoms with Gasteiger partial charge in [-0.2, -0.15) is 0 Å². The molecule has 0 radical (unpaired) electrons. The molecule has 9 heteroatoms. The van der Waals surface area contributed by atoms with Gasteiger partial charge >= 0.3 is 14.0 Å². The van der Waals surface area contributed by atoms with Crippen molar-refractivity contribution < 1.29 is 33.1 Å². The van der Waals surface area contributed by atoms with Gasteiger partial charge in [-0.15, -0.1) is 0 Å². The van der Waals surface area contributed by atoms with Gasteiger partial charge in [0.05, 0.1) is 13.2 Å². The Kier molecular flexibility index (Phi) is 9.11. The van der Waals surface area contributed by atoms with Crippen molar-refractivity contribution in [3.63, 3.8) is 0 Å². The number of phosphoric ester groups is 1. The molecule has 0 saturated carbocycles. The van der Waals surface area contributed by atoms with Gasteiger partial charge in [0, 0.05) is 12.5 Å². The Labute approximate surface area is 117 Å². The fourth-order valence-corrected chi connectivity index (χ4v) is 1.33. The lowest BCUT2D eigenvalue weighted by atomic mass is 10.3. The molecule has 0 rings (SSSR count). The highest BCUT2D eigenvalue weighted by atomic mass is 31.2. The number of rotatable bonds is 8. The number of hydrogen-bond acceptors (Lipinski definition) is 6. The van der Waals surface area contributed by atoms with Gasteiger partial charge in [0.15, 0.2) is 0 Å². The molecule has 0 aromatic carbocycles. The normalized spacial score (nSPS) is 14.3. The van der Waals surface area contributed by atoms with Crippen LogP contribution >= 0.6 is 7.82 Å². The summed E-state index contributed by atoms with van der Waals surface area (Å²) in [6, 6.07) is -0.0972. The number of allylic oxidation sites excluding steroid dienone is 3. The van der Waals surface area contributed by atoms with Crippen molar-refractivity contribution in [2.75, 3.05) is 13.2 Å². The van der Waals surface area contributed by atoms with Gasteiger partial charge < -0.3 is 25.0 Å². The van der Waals surface area contributed by atoms with E-state index in [0.29, 0.717) is 5.76 Å². The van der Waals surface area contributed by atoms with Crippen molar-refractivity contribution in [3.05, 3.63) is 24.0 Å². The molecular weight excluding hydrogens is 289 g/mol. The molecule has 0 aliphatic heterocycles. The van der Waals surface area contributed by atoms with Crippen molar-refractivity contribution in [1.82, 2.24) is 0 Å². The van der Waals surface area contributed by atoms with Crippen LogP contribution in [0.15, 0.2) is 24.0 Å². The van der Waals surface area contributed by atoms with Crippen LogP contribution in [0.3, 0.4) is 0 Å². The first-order chi connectivity index (χ1) is 9.20. The van der Waals surface area contributed by atoms with Crippen molar-refractivity contribution in [3.8, 4) is 0 Å². The van der Waals surface area contributed by atoms with Gasteiger partial charge in [-0.1, -0.05) is 12.2 Å². The standard InChI is InChI=1S/C11H20NO7P/c1-9(12)5-3-6-10(2)19-11(13)17-7-4-8-18-20(14,15)16/h3,5-6,9H,4,7-8,12H2,1-2H3,(H2,14,15,16)/b5-3-,10-6+. The third kappa shape index (κ3) is 13.3. The fraction of sp³-hybridized carbons (Fsp3) is 0.545. The van der Waals surface area contributed by atoms with E-state index in [0.717, 1.165) is 0 Å². The maximum atomic E-state index is 11.2. The van der Waals surface area contributed by atoms with Crippen LogP contribution in [0.25, 0.3) is 0 Å². The Hall–Kier alpha value is -1.18. The molecule has 0 aliphatic carbocycles. The van der Waals surface area contributed by atoms with Crippen LogP contribution in [0, 0.1) is 0 Å². The van der Waals surface area contributed by atoms with Crippen molar-refractivity contribution >= 4 is 14.0 Å². The maximum absolute atomic E-state index is 11.2. The number of ether oxygens (including phenoxy) is 2. The van der Waals surface area contributed by atoms with E-state index in [9.17, 15) is 9.36 Å². The van der Waals surface area contributed by atoms with E-state index >= 15 is 0 Å². The van der Waals surface area contributed by atoms with Gasteiger partial charge in [-0.3, -0.25) is 4.52 Å². The molecule has 0 heterocycles. The fourth-order valence-electron chi connectivity index (χ4n) is 0.959. The lowest BCUT2D eigenvalue weighted by Gasteiger charge is -2.06. The summed E-state index contributed by atoms with van der Waals surface area (Å²) in [6.07, 6.45) is 4.18. The number of hydrogen-bond donors (Lipinski definition) is 3. The van der Waals surface area contributed by atoms with Crippen LogP contribution in [0.1, 0.15) is 20.3 Å². The molecule has 0 saturated heterocycles. The minimum Gasteiger partial charge on any atom is -0.434 e. The van der Waals surface area contributed by atoms with E-state index in [4.69, 9.17) is 20.3 Å². The molecule has 1 atom stereocenters. The molecule has 0 fully saturated rings. The molecule has 4 N–H and O–H groups in total. The molecule has 0 aromatic rings. The van der Waals surface area contributed by atoms with Crippen molar-refractivity contribution in [2.24, 2.45) is 5.73 Å². The zero-order chi connectivity index (χ0) is 15.6. The van der Waals surface area contributed by atoms with E-state index in [1.807, 2.05) is 0 Å². The highest BCUT2D eigenvalue weighted by molar-refractivity contribution is 7.46. The lowest BCUT2D eigenvalue weighted by Crippen LogP contribution is -2.10. The molecule has 0 aliphatic rings. The Morgan fingerprint density at radius 3 is 2.60 bits per heavy atom. The van der Waals surface area contributed by atoms with Crippen LogP contribution in [0.5, 0.6) is 0 Å². The molecule has 0 spiro atoms. The Bertz CT molecular complexity index is 400. The van der Waals surface area contributed by atoms with Crippen LogP contribution in [0.4, 0.5) is 4.79 Å². The molecule has 0 bridgehead atoms. The summed E-state index contributed by atoms with van der Waals surface area (Å²) < 4.78 is 24.0. The second-order valence-corrected chi connectivity index (χ2v) is 5.14. The Balaban J connectivity index is 3.81. The quantitative estimate of drug-likeness (QED) is 0.202. The van der Waals surface area contributed by atoms with Gasteiger partial charge in [0.2, 0.25) is 0 Å². The van der Waals surface area contributed by atoms with E-state index < -0.39 is 14.0 Å². The smallest absolute Gasteiger partial charge is 0.434 e. The van der Waals surface area contributed by atoms with E-state index in [-0.39, 0.29) is 25.7 Å². The van der Waals surface area contributed by atoms with Gasteiger partial charge in [0.1, 0.15) is 5.76 Å². The van der Waals surface area contributed by atoms with Gasteiger partial charge in [0.25, 0.3) is 0 Å². The first kappa shape index (κ1) is 18.8. The molecular formula is C11H20NO7P. The van der Waals surface area contributed by atoms with Crippen molar-refractivity contribution in [1.29, 1.82) is 0 Å². The summed E-state index contributed by atoms with van der Waals surface area (Å²) in [5.41, 5.74) is 5.49. The predicted octanol–water partition coefficient (Wildman–Crippen LogP) is 1.45. The molecule has 0 amide bonds. The van der Waals surface area contributed by atoms with Crippen LogP contribution in [0.2, 0.25) is 0 Å². The highest BCUT2D eigenvalue weighted by Gasteiger charge is 2.13. The Morgan fingerprint density at radius 1 is 1.40 bits per heavy atom. The summed E-state index contributed by atoms with van der Waals surface area (Å²) in [7, 11) is -4.47. The summed E-state index contributed by atoms with van der Waals surface area (Å²) in [5, 5.41) is 0. The van der Waals surface area contributed by atoms with Crippen LogP contribution in [-0.2, 0) is 18.6 Å². The topological polar surface area (TPSA) is 128 Å². The molecule has 0 aromatic heterocycles.